The third-order valence-electron chi connectivity index (χ3n) is 3.79. The zero-order chi connectivity index (χ0) is 13.6. The molecule has 18 heavy (non-hydrogen) atoms. The van der Waals surface area contributed by atoms with Crippen LogP contribution in [0.5, 0.6) is 0 Å². The van der Waals surface area contributed by atoms with Gasteiger partial charge in [-0.1, -0.05) is 20.8 Å². The Morgan fingerprint density at radius 2 is 2.28 bits per heavy atom. The van der Waals surface area contributed by atoms with Crippen LogP contribution in [0.4, 0.5) is 4.79 Å². The predicted molar refractivity (Wildman–Crippen MR) is 71.4 cm³/mol. The van der Waals surface area contributed by atoms with Crippen molar-refractivity contribution in [1.82, 2.24) is 14.9 Å². The maximum Gasteiger partial charge on any atom is 0.408 e. The number of carbonyl (C=O) groups is 1. The van der Waals surface area contributed by atoms with Crippen molar-refractivity contribution in [3.05, 3.63) is 16.6 Å². The zero-order valence-electron chi connectivity index (χ0n) is 10.8. The smallest absolute Gasteiger partial charge is 0.408 e. The second-order valence-corrected chi connectivity index (χ2v) is 6.53. The molecule has 0 aliphatic carbocycles. The van der Waals surface area contributed by atoms with Gasteiger partial charge in [0.25, 0.3) is 0 Å². The summed E-state index contributed by atoms with van der Waals surface area (Å²) in [5, 5.41) is 9.45. The molecule has 1 saturated heterocycles. The number of rotatable bonds is 1. The molecular formula is C12H18BrN3O2. The van der Waals surface area contributed by atoms with Crippen molar-refractivity contribution in [1.29, 1.82) is 0 Å². The van der Waals surface area contributed by atoms with Gasteiger partial charge < -0.3 is 10.1 Å². The molecule has 0 unspecified atom stereocenters. The first-order valence-corrected chi connectivity index (χ1v) is 6.80. The molecule has 1 fully saturated rings. The average Bonchev–Trinajstić information content (AvgIpc) is 2.81. The van der Waals surface area contributed by atoms with Crippen molar-refractivity contribution >= 4 is 22.0 Å². The molecule has 1 aromatic heterocycles. The molecule has 0 spiro atoms. The molecule has 1 atom stereocenters. The fourth-order valence-electron chi connectivity index (χ4n) is 2.97. The molecule has 2 heterocycles. The highest BCUT2D eigenvalue weighted by molar-refractivity contribution is 9.10. The molecule has 0 saturated carbocycles. The van der Waals surface area contributed by atoms with Crippen LogP contribution in [0.2, 0.25) is 0 Å². The number of H-pyrrole nitrogens is 1. The number of hydrogen-bond donors (Lipinski definition) is 2. The van der Waals surface area contributed by atoms with E-state index < -0.39 is 11.6 Å². The Labute approximate surface area is 115 Å². The van der Waals surface area contributed by atoms with Crippen LogP contribution < -0.4 is 0 Å². The summed E-state index contributed by atoms with van der Waals surface area (Å²) in [7, 11) is 0. The minimum Gasteiger partial charge on any atom is -0.465 e. The van der Waals surface area contributed by atoms with E-state index in [2.05, 4.69) is 46.7 Å². The van der Waals surface area contributed by atoms with Gasteiger partial charge in [-0.25, -0.2) is 9.78 Å². The van der Waals surface area contributed by atoms with E-state index in [0.29, 0.717) is 11.1 Å². The van der Waals surface area contributed by atoms with E-state index in [9.17, 15) is 9.90 Å². The second-order valence-electron chi connectivity index (χ2n) is 5.72. The van der Waals surface area contributed by atoms with Gasteiger partial charge in [0.1, 0.15) is 16.0 Å². The Kier molecular flexibility index (Phi) is 3.17. The van der Waals surface area contributed by atoms with Gasteiger partial charge in [-0.15, -0.1) is 0 Å². The monoisotopic (exact) mass is 315 g/mol. The zero-order valence-corrected chi connectivity index (χ0v) is 12.4. The van der Waals surface area contributed by atoms with Crippen LogP contribution in [-0.2, 0) is 5.54 Å². The first kappa shape index (κ1) is 13.4. The van der Waals surface area contributed by atoms with Crippen LogP contribution in [0.15, 0.2) is 10.8 Å². The quantitative estimate of drug-likeness (QED) is 0.836. The molecule has 1 aliphatic rings. The van der Waals surface area contributed by atoms with E-state index in [1.807, 2.05) is 0 Å². The number of amides is 1. The lowest BCUT2D eigenvalue weighted by Gasteiger charge is -2.45. The number of likely N-dealkylation sites (tertiary alicyclic amines) is 1. The molecule has 1 aliphatic heterocycles. The molecule has 0 aromatic carbocycles. The maximum atomic E-state index is 11.5. The summed E-state index contributed by atoms with van der Waals surface area (Å²) in [4.78, 5) is 20.6. The van der Waals surface area contributed by atoms with Crippen LogP contribution in [0.3, 0.4) is 0 Å². The standard InChI is InChI=1S/C12H18BrN3O2/c1-11(2,3)12(9-14-7-8(13)15-9)5-4-6-16(12)10(17)18/h7H,4-6H2,1-3H3,(H,14,15)(H,17,18)/t12-/m1/s1. The SMILES string of the molecule is CC(C)(C)[C@]1(c2nc(Br)c[nH]2)CCCN1C(=O)O. The van der Waals surface area contributed by atoms with Crippen LogP contribution in [0, 0.1) is 5.41 Å². The third-order valence-corrected chi connectivity index (χ3v) is 4.20. The molecule has 100 valence electrons. The highest BCUT2D eigenvalue weighted by atomic mass is 79.9. The van der Waals surface area contributed by atoms with Gasteiger partial charge >= 0.3 is 6.09 Å². The molecule has 2 N–H and O–H groups in total. The number of nitrogens with zero attached hydrogens (tertiary/aromatic N) is 2. The van der Waals surface area contributed by atoms with Gasteiger partial charge in [-0.2, -0.15) is 0 Å². The molecule has 0 radical (unpaired) electrons. The molecule has 0 bridgehead atoms. The number of aromatic nitrogens is 2. The molecular weight excluding hydrogens is 298 g/mol. The van der Waals surface area contributed by atoms with E-state index in [-0.39, 0.29) is 5.41 Å². The molecule has 1 amide bonds. The summed E-state index contributed by atoms with van der Waals surface area (Å²) >= 11 is 3.32. The minimum atomic E-state index is -0.880. The highest BCUT2D eigenvalue weighted by Gasteiger charge is 2.55. The van der Waals surface area contributed by atoms with Gasteiger partial charge in [0.05, 0.1) is 0 Å². The van der Waals surface area contributed by atoms with E-state index in [1.165, 1.54) is 4.90 Å². The first-order chi connectivity index (χ1) is 8.29. The normalized spacial score (nSPS) is 24.6. The minimum absolute atomic E-state index is 0.223. The molecule has 6 heteroatoms. The van der Waals surface area contributed by atoms with Crippen molar-refractivity contribution in [2.45, 2.75) is 39.2 Å². The summed E-state index contributed by atoms with van der Waals surface area (Å²) in [6, 6.07) is 0. The van der Waals surface area contributed by atoms with E-state index in [0.717, 1.165) is 18.7 Å². The fraction of sp³-hybridized carbons (Fsp3) is 0.667. The Bertz CT molecular complexity index is 466. The number of hydrogen-bond acceptors (Lipinski definition) is 2. The Morgan fingerprint density at radius 1 is 1.61 bits per heavy atom. The van der Waals surface area contributed by atoms with Crippen LogP contribution in [-0.4, -0.2) is 32.6 Å². The largest absolute Gasteiger partial charge is 0.465 e. The third kappa shape index (κ3) is 1.83. The lowest BCUT2D eigenvalue weighted by Crippen LogP contribution is -2.53. The van der Waals surface area contributed by atoms with Crippen LogP contribution in [0.1, 0.15) is 39.4 Å². The fourth-order valence-corrected chi connectivity index (χ4v) is 3.26. The Morgan fingerprint density at radius 3 is 2.72 bits per heavy atom. The predicted octanol–water partition coefficient (Wildman–Crippen LogP) is 3.19. The van der Waals surface area contributed by atoms with Gasteiger partial charge in [-0.05, 0) is 34.2 Å². The topological polar surface area (TPSA) is 69.2 Å². The summed E-state index contributed by atoms with van der Waals surface area (Å²) in [5.41, 5.74) is -0.802. The van der Waals surface area contributed by atoms with Crippen molar-refractivity contribution in [3.8, 4) is 0 Å². The van der Waals surface area contributed by atoms with Crippen molar-refractivity contribution in [2.75, 3.05) is 6.54 Å². The van der Waals surface area contributed by atoms with E-state index in [4.69, 9.17) is 0 Å². The van der Waals surface area contributed by atoms with Crippen molar-refractivity contribution in [2.24, 2.45) is 5.41 Å². The number of nitrogens with one attached hydrogen (secondary N) is 1. The van der Waals surface area contributed by atoms with Gasteiger partial charge in [0.2, 0.25) is 0 Å². The number of imidazole rings is 1. The van der Waals surface area contributed by atoms with Crippen molar-refractivity contribution in [3.63, 3.8) is 0 Å². The summed E-state index contributed by atoms with van der Waals surface area (Å²) < 4.78 is 0.707. The molecule has 2 rings (SSSR count). The van der Waals surface area contributed by atoms with E-state index in [1.54, 1.807) is 6.20 Å². The van der Waals surface area contributed by atoms with Crippen LogP contribution >= 0.6 is 15.9 Å². The average molecular weight is 316 g/mol. The molecule has 5 nitrogen and oxygen atoms in total. The number of carboxylic acid groups (broad SMARTS) is 1. The lowest BCUT2D eigenvalue weighted by molar-refractivity contribution is 0.0216. The van der Waals surface area contributed by atoms with Gasteiger partial charge in [0, 0.05) is 12.7 Å². The Balaban J connectivity index is 2.58. The van der Waals surface area contributed by atoms with Gasteiger partial charge in [-0.3, -0.25) is 4.90 Å². The van der Waals surface area contributed by atoms with E-state index >= 15 is 0 Å². The summed E-state index contributed by atoms with van der Waals surface area (Å²) in [6.07, 6.45) is 2.53. The molecule has 1 aromatic rings. The summed E-state index contributed by atoms with van der Waals surface area (Å²) in [5.74, 6) is 0.724. The Hall–Kier alpha value is -1.04. The van der Waals surface area contributed by atoms with Crippen LogP contribution in [0.25, 0.3) is 0 Å². The van der Waals surface area contributed by atoms with Gasteiger partial charge in [0.15, 0.2) is 0 Å². The lowest BCUT2D eigenvalue weighted by atomic mass is 9.71. The number of halogens is 1. The summed E-state index contributed by atoms with van der Waals surface area (Å²) in [6.45, 7) is 6.74. The first-order valence-electron chi connectivity index (χ1n) is 6.01. The maximum absolute atomic E-state index is 11.5. The second kappa shape index (κ2) is 4.26. The number of aromatic amines is 1. The highest BCUT2D eigenvalue weighted by Crippen LogP contribution is 2.50. The van der Waals surface area contributed by atoms with Crippen molar-refractivity contribution < 1.29 is 9.90 Å².